The average molecular weight is 1200 g/mol. The van der Waals surface area contributed by atoms with Crippen LogP contribution in [-0.2, 0) is 0 Å². The lowest BCUT2D eigenvalue weighted by atomic mass is 9.45. The number of hydrogen-bond acceptors (Lipinski definition) is 8. The summed E-state index contributed by atoms with van der Waals surface area (Å²) in [5, 5.41) is 9.52. The minimum atomic E-state index is -0.154. The molecule has 0 bridgehead atoms. The predicted octanol–water partition coefficient (Wildman–Crippen LogP) is 19.1. The van der Waals surface area contributed by atoms with Crippen molar-refractivity contribution in [2.45, 2.75) is 19.6 Å². The molecule has 6 nitrogen and oxygen atoms in total. The van der Waals surface area contributed by atoms with Crippen LogP contribution in [0.3, 0.4) is 0 Å². The van der Waals surface area contributed by atoms with E-state index in [1.54, 1.807) is 11.8 Å². The molecule has 12 heteroatoms. The highest BCUT2D eigenvalue weighted by Crippen LogP contribution is 2.55. The maximum Gasteiger partial charge on any atom is 0.333 e. The van der Waals surface area contributed by atoms with Crippen LogP contribution >= 0.6 is 47.0 Å². The van der Waals surface area contributed by atoms with E-state index in [-0.39, 0.29) is 13.7 Å². The number of anilines is 6. The highest BCUT2D eigenvalue weighted by atomic mass is 32.2. The molecule has 0 aliphatic carbocycles. The van der Waals surface area contributed by atoms with Crippen LogP contribution in [0, 0.1) is 0 Å². The van der Waals surface area contributed by atoms with Gasteiger partial charge in [0.25, 0.3) is 0 Å². The Morgan fingerprint density at radius 2 is 0.966 bits per heavy atom. The van der Waals surface area contributed by atoms with Crippen molar-refractivity contribution < 1.29 is 8.83 Å². The lowest BCUT2D eigenvalue weighted by Gasteiger charge is -2.40. The van der Waals surface area contributed by atoms with Crippen LogP contribution in [-0.4, -0.2) is 47.7 Å². The minimum Gasteiger partial charge on any atom is -0.455 e. The Bertz CT molecular complexity index is 5810. The molecule has 0 N–H and O–H groups in total. The van der Waals surface area contributed by atoms with Gasteiger partial charge in [0.2, 0.25) is 0 Å². The Balaban J connectivity index is 0.885. The van der Waals surface area contributed by atoms with Gasteiger partial charge in [0.05, 0.1) is 0 Å². The Morgan fingerprint density at radius 1 is 0.341 bits per heavy atom. The van der Waals surface area contributed by atoms with Gasteiger partial charge >= 0.3 is 13.7 Å². The van der Waals surface area contributed by atoms with Crippen molar-refractivity contribution in [1.82, 2.24) is 8.96 Å². The molecule has 0 radical (unpaired) electrons. The van der Waals surface area contributed by atoms with Crippen molar-refractivity contribution in [2.75, 3.05) is 34.8 Å². The maximum atomic E-state index is 7.67. The van der Waals surface area contributed by atoms with Crippen molar-refractivity contribution >= 4 is 204 Å². The molecule has 12 aromatic carbocycles. The zero-order valence-electron chi connectivity index (χ0n) is 48.2. The van der Waals surface area contributed by atoms with E-state index in [0.29, 0.717) is 0 Å². The molecular formula is C76H48B2N4O2S4. The maximum absolute atomic E-state index is 7.67. The van der Waals surface area contributed by atoms with E-state index >= 15 is 0 Å². The zero-order chi connectivity index (χ0) is 57.9. The van der Waals surface area contributed by atoms with Crippen LogP contribution in [0.15, 0.2) is 247 Å². The van der Waals surface area contributed by atoms with Gasteiger partial charge in [-0.3, -0.25) is 0 Å². The van der Waals surface area contributed by atoms with Crippen LogP contribution in [0.5, 0.6) is 0 Å². The second-order valence-corrected chi connectivity index (χ2v) is 27.0. The van der Waals surface area contributed by atoms with Gasteiger partial charge in [0.1, 0.15) is 22.3 Å². The number of benzene rings is 12. The highest BCUT2D eigenvalue weighted by Gasteiger charge is 2.47. The van der Waals surface area contributed by atoms with Gasteiger partial charge in [0, 0.05) is 147 Å². The second-order valence-electron chi connectivity index (χ2n) is 23.6. The third-order valence-corrected chi connectivity index (χ3v) is 22.6. The van der Waals surface area contributed by atoms with E-state index in [1.807, 2.05) is 35.3 Å². The third kappa shape index (κ3) is 6.38. The van der Waals surface area contributed by atoms with E-state index in [4.69, 9.17) is 8.83 Å². The normalized spacial score (nSPS) is 13.5. The summed E-state index contributed by atoms with van der Waals surface area (Å²) >= 11 is 7.24. The molecule has 0 atom stereocenters. The monoisotopic (exact) mass is 1200 g/mol. The molecule has 4 aliphatic rings. The lowest BCUT2D eigenvalue weighted by Crippen LogP contribution is -2.56. The summed E-state index contributed by atoms with van der Waals surface area (Å²) in [6, 6.07) is 81.9. The molecular weight excluding hydrogens is 1150 g/mol. The fraction of sp³-hybridized carbons (Fsp3) is 0.0526. The fourth-order valence-corrected chi connectivity index (χ4v) is 18.3. The van der Waals surface area contributed by atoms with Gasteiger partial charge in [-0.05, 0) is 155 Å². The first-order valence-corrected chi connectivity index (χ1v) is 34.7. The summed E-state index contributed by atoms with van der Waals surface area (Å²) in [4.78, 5) is 9.89. The summed E-state index contributed by atoms with van der Waals surface area (Å²) < 4.78 is 20.2. The van der Waals surface area contributed by atoms with E-state index in [1.165, 1.54) is 124 Å². The minimum absolute atomic E-state index is 0.101. The molecule has 0 saturated carbocycles. The zero-order valence-corrected chi connectivity index (χ0v) is 51.4. The van der Waals surface area contributed by atoms with Crippen LogP contribution in [0.25, 0.3) is 121 Å². The molecule has 4 aromatic heterocycles. The molecule has 414 valence electrons. The SMILES string of the molecule is CSc1ccc2c(c1)c1cc(SC)cc3c1n2B1c2ccccc2N(c2ccccc2)c2cc4oc5c(-c6cc7c8ccc(SC)c9c8n(c7cc6SC)B6c7ccccc7N(c7ccccc7)c7cc8c(oc%10ccccc%108)c-9c76)cccc5c4c-3c21. The largest absolute Gasteiger partial charge is 0.455 e. The summed E-state index contributed by atoms with van der Waals surface area (Å²) in [6.07, 6.45) is 8.85. The molecule has 0 amide bonds. The molecule has 0 saturated heterocycles. The second kappa shape index (κ2) is 18.3. The van der Waals surface area contributed by atoms with Crippen molar-refractivity contribution in [2.24, 2.45) is 0 Å². The number of furan rings is 2. The number of rotatable bonds is 7. The fourth-order valence-electron chi connectivity index (χ4n) is 16.2. The highest BCUT2D eigenvalue weighted by molar-refractivity contribution is 7.99. The summed E-state index contributed by atoms with van der Waals surface area (Å²) in [7, 11) is 0. The van der Waals surface area contributed by atoms with Crippen LogP contribution in [0.1, 0.15) is 0 Å². The van der Waals surface area contributed by atoms with Crippen molar-refractivity contribution in [3.8, 4) is 33.4 Å². The summed E-state index contributed by atoms with van der Waals surface area (Å²) in [5.74, 6) is 0. The Labute approximate surface area is 524 Å². The number of aromatic nitrogens is 2. The van der Waals surface area contributed by atoms with Gasteiger partial charge in [0.15, 0.2) is 0 Å². The van der Waals surface area contributed by atoms with E-state index < -0.39 is 0 Å². The Kier molecular flexibility index (Phi) is 10.4. The van der Waals surface area contributed by atoms with Gasteiger partial charge < -0.3 is 27.6 Å². The van der Waals surface area contributed by atoms with Gasteiger partial charge in [-0.25, -0.2) is 0 Å². The quantitative estimate of drug-likeness (QED) is 0.116. The topological polar surface area (TPSA) is 42.6 Å². The number of para-hydroxylation sites is 6. The predicted molar refractivity (Wildman–Crippen MR) is 381 cm³/mol. The number of nitrogens with zero attached hydrogens (tertiary/aromatic N) is 4. The van der Waals surface area contributed by atoms with E-state index in [9.17, 15) is 0 Å². The van der Waals surface area contributed by atoms with Crippen molar-refractivity contribution in [3.05, 3.63) is 218 Å². The molecule has 0 spiro atoms. The van der Waals surface area contributed by atoms with Gasteiger partial charge in [-0.1, -0.05) is 115 Å². The Morgan fingerprint density at radius 3 is 1.69 bits per heavy atom. The molecule has 4 aliphatic heterocycles. The first-order chi connectivity index (χ1) is 43.5. The average Bonchev–Trinajstić information content (AvgIpc) is 1.42. The van der Waals surface area contributed by atoms with Crippen LogP contribution in [0.4, 0.5) is 34.1 Å². The first kappa shape index (κ1) is 50.0. The summed E-state index contributed by atoms with van der Waals surface area (Å²) in [6.45, 7) is -0.255. The van der Waals surface area contributed by atoms with Gasteiger partial charge in [-0.15, -0.1) is 47.0 Å². The first-order valence-electron chi connectivity index (χ1n) is 29.8. The Hall–Kier alpha value is -9.03. The van der Waals surface area contributed by atoms with Gasteiger partial charge in [-0.2, -0.15) is 0 Å². The number of hydrogen-bond donors (Lipinski definition) is 0. The van der Waals surface area contributed by atoms with Crippen molar-refractivity contribution in [3.63, 3.8) is 0 Å². The molecule has 8 heterocycles. The molecule has 0 fully saturated rings. The van der Waals surface area contributed by atoms with E-state index in [2.05, 4.69) is 262 Å². The van der Waals surface area contributed by atoms with Crippen LogP contribution in [0.2, 0.25) is 0 Å². The third-order valence-electron chi connectivity index (χ3n) is 19.6. The number of thioether (sulfide) groups is 4. The molecule has 88 heavy (non-hydrogen) atoms. The molecule has 16 aromatic rings. The smallest absolute Gasteiger partial charge is 0.333 e. The standard InChI is InChI=1S/C76H48B2N4O2S4/c1-85-43-30-32-57-49(34-43)52-35-44(86-2)36-54-68-67-48-24-17-23-47(75(48)84-64(67)39-62-71(68)77(81(57)73(52)54)55-25-12-15-28-59(55)80(62)42-20-9-6-10-21-42)51-37-50-46-31-33-65(87-3)69-70-72-61(38-53-45-22-11-16-29-63(45)83-76(53)70)79(41-18-7-5-8-19-41)58-27-14-13-26-56(58)78(72)82(74(46)69)60(50)40-66(51)88-4/h5-40H,1-4H3. The van der Waals surface area contributed by atoms with Crippen molar-refractivity contribution in [1.29, 1.82) is 0 Å². The molecule has 20 rings (SSSR count). The van der Waals surface area contributed by atoms with Crippen LogP contribution < -0.4 is 31.7 Å². The summed E-state index contributed by atoms with van der Waals surface area (Å²) in [5.41, 5.74) is 27.7. The van der Waals surface area contributed by atoms with E-state index in [0.717, 1.165) is 72.1 Å². The lowest BCUT2D eigenvalue weighted by molar-refractivity contribution is 0.669. The molecule has 0 unspecified atom stereocenters. The number of fused-ring (bicyclic) bond motifs is 22.